The minimum Gasteiger partial charge on any atom is -2.00 e. The third kappa shape index (κ3) is 67.4. The van der Waals surface area contributed by atoms with E-state index < -0.39 is 0 Å². The fraction of sp³-hybridized carbons (Fsp3) is 0.960. The van der Waals surface area contributed by atoms with Crippen LogP contribution in [0.5, 0.6) is 0 Å². The van der Waals surface area contributed by atoms with Crippen LogP contribution in [0.3, 0.4) is 0 Å². The van der Waals surface area contributed by atoms with Gasteiger partial charge in [-0.05, 0) is 25.7 Å². The van der Waals surface area contributed by atoms with Crippen molar-refractivity contribution >= 4 is 85.3 Å². The van der Waals surface area contributed by atoms with Gasteiger partial charge in [-0.1, -0.05) is 283 Å². The van der Waals surface area contributed by atoms with Crippen molar-refractivity contribution in [2.45, 2.75) is 285 Å². The third-order valence-corrected chi connectivity index (χ3v) is 12.7. The van der Waals surface area contributed by atoms with Crippen LogP contribution in [0.25, 0.3) is 0 Å². The van der Waals surface area contributed by atoms with Crippen molar-refractivity contribution in [3.8, 4) is 0 Å². The number of nitrogens with zero attached hydrogens (tertiary/aromatic N) is 2. The van der Waals surface area contributed by atoms with Gasteiger partial charge in [-0.15, -0.1) is 25.3 Å². The van der Waals surface area contributed by atoms with Crippen LogP contribution in [0.4, 0.5) is 0 Å². The van der Waals surface area contributed by atoms with E-state index in [-0.39, 0.29) is 85.4 Å². The molecule has 0 radical (unpaired) electrons. The van der Waals surface area contributed by atoms with Crippen molar-refractivity contribution in [2.24, 2.45) is 0 Å². The summed E-state index contributed by atoms with van der Waals surface area (Å²) in [5.74, 6) is 0. The number of thiol groups is 2. The molecule has 0 aromatic rings. The van der Waals surface area contributed by atoms with Crippen molar-refractivity contribution in [3.05, 3.63) is 0 Å². The van der Waals surface area contributed by atoms with E-state index in [4.69, 9.17) is 24.4 Å². The normalized spacial score (nSPS) is 10.2. The van der Waals surface area contributed by atoms with E-state index in [1.54, 1.807) is 0 Å². The molecule has 0 atom stereocenters. The summed E-state index contributed by atoms with van der Waals surface area (Å²) in [6, 6.07) is 0. The Labute approximate surface area is 459 Å². The minimum absolute atomic E-state index is 0. The molecule has 0 unspecified atom stereocenters. The molecule has 11 heteroatoms. The van der Waals surface area contributed by atoms with Crippen LogP contribution >= 0.6 is 49.7 Å². The molecule has 61 heavy (non-hydrogen) atoms. The van der Waals surface area contributed by atoms with Crippen LogP contribution in [-0.2, 0) is 85.4 Å². The Balaban J connectivity index is -0.000000177. The molecule has 0 aliphatic heterocycles. The van der Waals surface area contributed by atoms with E-state index >= 15 is 0 Å². The fourth-order valence-corrected chi connectivity index (χ4v) is 8.53. The number of unbranched alkanes of at least 4 members (excludes halogenated alkanes) is 36. The number of rotatable bonds is 44. The smallest absolute Gasteiger partial charge is 2.00 e. The first-order chi connectivity index (χ1) is 27.4. The summed E-state index contributed by atoms with van der Waals surface area (Å²) in [6.45, 7) is 13.6. The molecule has 0 aromatic carbocycles. The summed E-state index contributed by atoms with van der Waals surface area (Å²) >= 11 is 19.6. The van der Waals surface area contributed by atoms with Crippen LogP contribution < -0.4 is 0 Å². The van der Waals surface area contributed by atoms with Gasteiger partial charge in [0, 0.05) is 26.2 Å². The zero-order chi connectivity index (χ0) is 41.4. The molecule has 0 N–H and O–H groups in total. The molecular weight excluding hydrogens is 1020 g/mol. The van der Waals surface area contributed by atoms with Crippen molar-refractivity contribution in [2.75, 3.05) is 26.2 Å². The molecule has 0 saturated carbocycles. The summed E-state index contributed by atoms with van der Waals surface area (Å²) < 4.78 is 1.60. The second-order valence-corrected chi connectivity index (χ2v) is 19.5. The first kappa shape index (κ1) is 78.2. The van der Waals surface area contributed by atoms with Gasteiger partial charge in [-0.25, -0.2) is 0 Å². The van der Waals surface area contributed by atoms with E-state index in [0.29, 0.717) is 0 Å². The SMILES string of the molecule is CCCCCCCCCCCCN(CCCCCCCCCCCC)C(=S)S.CCCCCCCCCCCCN(CCCCCCCCCCCC)C(=S)S.[S-2].[S-2].[Zn+2].[Zn+2].[Zn+2]. The molecule has 0 aliphatic carbocycles. The first-order valence-corrected chi connectivity index (χ1v) is 27.1. The summed E-state index contributed by atoms with van der Waals surface area (Å²) in [7, 11) is 0. The number of hydrogen-bond acceptors (Lipinski definition) is 2. The average molecular weight is 1120 g/mol. The molecule has 0 fully saturated rings. The van der Waals surface area contributed by atoms with Crippen molar-refractivity contribution in [1.82, 2.24) is 9.80 Å². The Kier molecular flexibility index (Phi) is 89.3. The van der Waals surface area contributed by atoms with Crippen molar-refractivity contribution in [3.63, 3.8) is 0 Å². The molecule has 0 heterocycles. The largest absolute Gasteiger partial charge is 2.00 e. The van der Waals surface area contributed by atoms with Gasteiger partial charge in [-0.3, -0.25) is 0 Å². The van der Waals surface area contributed by atoms with E-state index in [1.165, 1.54) is 257 Å². The first-order valence-electron chi connectivity index (χ1n) is 25.4. The molecule has 2 nitrogen and oxygen atoms in total. The summed E-state index contributed by atoms with van der Waals surface area (Å²) in [5.41, 5.74) is 0. The Bertz CT molecular complexity index is 678. The van der Waals surface area contributed by atoms with Gasteiger partial charge >= 0.3 is 58.4 Å². The zero-order valence-electron chi connectivity index (χ0n) is 41.7. The zero-order valence-corrected chi connectivity index (χ0v) is 55.6. The predicted octanol–water partition coefficient (Wildman–Crippen LogP) is 18.7. The standard InChI is InChI=1S/2C25H51NS2.2S.3Zn/c2*1-3-5-7-9-11-13-15-17-19-21-23-26(25(27)28)24-22-20-18-16-14-12-10-8-6-4-2;;;;;/h2*3-24H2,1-2H3,(H,27,28);;;;;/q;;2*-2;3*+2. The maximum Gasteiger partial charge on any atom is 2.00 e. The van der Waals surface area contributed by atoms with Crippen LogP contribution in [0.1, 0.15) is 285 Å². The van der Waals surface area contributed by atoms with Gasteiger partial charge in [0.05, 0.1) is 0 Å². The van der Waals surface area contributed by atoms with Crippen LogP contribution in [0.2, 0.25) is 0 Å². The Morgan fingerprint density at radius 2 is 0.377 bits per heavy atom. The van der Waals surface area contributed by atoms with E-state index in [9.17, 15) is 0 Å². The molecule has 0 aromatic heterocycles. The summed E-state index contributed by atoms with van der Waals surface area (Å²) in [4.78, 5) is 4.65. The van der Waals surface area contributed by atoms with Gasteiger partial charge in [0.1, 0.15) is 8.64 Å². The summed E-state index contributed by atoms with van der Waals surface area (Å²) in [6.07, 6.45) is 55.7. The van der Waals surface area contributed by atoms with Gasteiger partial charge in [0.2, 0.25) is 0 Å². The van der Waals surface area contributed by atoms with E-state index in [1.807, 2.05) is 0 Å². The third-order valence-electron chi connectivity index (χ3n) is 11.7. The molecular formula is C50H102N2S6Zn3+2. The second-order valence-electron chi connectivity index (χ2n) is 17.3. The molecule has 0 bridgehead atoms. The maximum atomic E-state index is 5.35. The van der Waals surface area contributed by atoms with Gasteiger partial charge in [-0.2, -0.15) is 0 Å². The van der Waals surface area contributed by atoms with E-state index in [0.717, 1.165) is 34.8 Å². The van der Waals surface area contributed by atoms with Gasteiger partial charge in [0.25, 0.3) is 0 Å². The molecule has 0 amide bonds. The monoisotopic (exact) mass is 1110 g/mol. The molecule has 0 saturated heterocycles. The maximum absolute atomic E-state index is 5.35. The Morgan fingerprint density at radius 1 is 0.262 bits per heavy atom. The number of thiocarbonyl (C=S) groups is 2. The molecule has 0 spiro atoms. The average Bonchev–Trinajstić information content (AvgIpc) is 3.19. The Hall–Kier alpha value is 3.05. The van der Waals surface area contributed by atoms with Crippen LogP contribution in [-0.4, -0.2) is 44.6 Å². The molecule has 352 valence electrons. The molecule has 0 aliphatic rings. The molecule has 0 rings (SSSR count). The van der Waals surface area contributed by atoms with Crippen LogP contribution in [0.15, 0.2) is 0 Å². The van der Waals surface area contributed by atoms with Crippen LogP contribution in [0, 0.1) is 0 Å². The predicted molar refractivity (Wildman–Crippen MR) is 288 cm³/mol. The van der Waals surface area contributed by atoms with Gasteiger partial charge in [0.15, 0.2) is 0 Å². The minimum atomic E-state index is 0. The topological polar surface area (TPSA) is 6.48 Å². The van der Waals surface area contributed by atoms with Gasteiger partial charge < -0.3 is 36.8 Å². The fourth-order valence-electron chi connectivity index (χ4n) is 7.77. The van der Waals surface area contributed by atoms with Crippen molar-refractivity contribution < 1.29 is 58.4 Å². The van der Waals surface area contributed by atoms with E-state index in [2.05, 4.69) is 62.8 Å². The quantitative estimate of drug-likeness (QED) is 0.0272. The summed E-state index contributed by atoms with van der Waals surface area (Å²) in [5, 5.41) is 0. The van der Waals surface area contributed by atoms with Crippen molar-refractivity contribution in [1.29, 1.82) is 0 Å². The number of hydrogen-bond donors (Lipinski definition) is 2. The Morgan fingerprint density at radius 3 is 0.492 bits per heavy atom. The second kappa shape index (κ2) is 69.6.